The molecule has 4 aromatic rings. The molecular formula is C25H23N3O5. The van der Waals surface area contributed by atoms with Gasteiger partial charge in [0.15, 0.2) is 18.1 Å². The number of hydrogen-bond acceptors (Lipinski definition) is 7. The van der Waals surface area contributed by atoms with Crippen molar-refractivity contribution >= 4 is 11.6 Å². The smallest absolute Gasteiger partial charge is 0.262 e. The standard InChI is InChI=1S/C25H23N3O5/c1-16-6-4-5-7-20(16)25-27-24(28-33-25)17-8-13-21(22(14-17)31-3)32-15-23(29)26-18-9-11-19(30-2)12-10-18/h4-14H,15H2,1-3H3,(H,26,29). The number of hydrogen-bond donors (Lipinski definition) is 1. The Kier molecular flexibility index (Phi) is 6.54. The Labute approximate surface area is 191 Å². The van der Waals surface area contributed by atoms with E-state index >= 15 is 0 Å². The van der Waals surface area contributed by atoms with E-state index < -0.39 is 0 Å². The van der Waals surface area contributed by atoms with Crippen LogP contribution >= 0.6 is 0 Å². The molecule has 0 aliphatic rings. The molecule has 8 heteroatoms. The summed E-state index contributed by atoms with van der Waals surface area (Å²) in [4.78, 5) is 16.8. The first kappa shape index (κ1) is 21.9. The first-order chi connectivity index (χ1) is 16.1. The number of nitrogens with zero attached hydrogens (tertiary/aromatic N) is 2. The van der Waals surface area contributed by atoms with Crippen LogP contribution in [0, 0.1) is 6.92 Å². The van der Waals surface area contributed by atoms with Gasteiger partial charge in [-0.05, 0) is 61.0 Å². The molecule has 0 fully saturated rings. The Balaban J connectivity index is 1.44. The minimum atomic E-state index is -0.299. The molecule has 1 aromatic heterocycles. The molecule has 1 amide bonds. The van der Waals surface area contributed by atoms with Crippen molar-refractivity contribution in [2.45, 2.75) is 6.92 Å². The van der Waals surface area contributed by atoms with Gasteiger partial charge in [0.25, 0.3) is 11.8 Å². The van der Waals surface area contributed by atoms with Crippen molar-refractivity contribution in [3.05, 3.63) is 72.3 Å². The van der Waals surface area contributed by atoms with E-state index in [1.54, 1.807) is 49.6 Å². The molecule has 33 heavy (non-hydrogen) atoms. The summed E-state index contributed by atoms with van der Waals surface area (Å²) in [6.07, 6.45) is 0. The molecule has 8 nitrogen and oxygen atoms in total. The zero-order valence-corrected chi connectivity index (χ0v) is 18.5. The summed E-state index contributed by atoms with van der Waals surface area (Å²) >= 11 is 0. The zero-order valence-electron chi connectivity index (χ0n) is 18.5. The van der Waals surface area contributed by atoms with Gasteiger partial charge in [-0.3, -0.25) is 4.79 Å². The van der Waals surface area contributed by atoms with Crippen LogP contribution in [0.2, 0.25) is 0 Å². The number of rotatable bonds is 8. The number of aryl methyl sites for hydroxylation is 1. The maximum Gasteiger partial charge on any atom is 0.262 e. The molecule has 0 bridgehead atoms. The van der Waals surface area contributed by atoms with Gasteiger partial charge in [0, 0.05) is 16.8 Å². The topological polar surface area (TPSA) is 95.7 Å². The molecule has 168 valence electrons. The molecule has 0 unspecified atom stereocenters. The van der Waals surface area contributed by atoms with Gasteiger partial charge in [0.1, 0.15) is 5.75 Å². The number of carbonyl (C=O) groups is 1. The fourth-order valence-corrected chi connectivity index (χ4v) is 3.20. The minimum Gasteiger partial charge on any atom is -0.497 e. The zero-order chi connectivity index (χ0) is 23.2. The van der Waals surface area contributed by atoms with Crippen LogP contribution in [-0.2, 0) is 4.79 Å². The fourth-order valence-electron chi connectivity index (χ4n) is 3.20. The van der Waals surface area contributed by atoms with Crippen molar-refractivity contribution in [1.29, 1.82) is 0 Å². The molecular weight excluding hydrogens is 422 g/mol. The minimum absolute atomic E-state index is 0.179. The largest absolute Gasteiger partial charge is 0.497 e. The molecule has 0 aliphatic carbocycles. The second kappa shape index (κ2) is 9.86. The number of aromatic nitrogens is 2. The highest BCUT2D eigenvalue weighted by molar-refractivity contribution is 5.92. The molecule has 0 saturated carbocycles. The van der Waals surface area contributed by atoms with Crippen LogP contribution in [0.5, 0.6) is 17.2 Å². The Hall–Kier alpha value is -4.33. The average molecular weight is 445 g/mol. The van der Waals surface area contributed by atoms with Crippen LogP contribution in [0.1, 0.15) is 5.56 Å². The van der Waals surface area contributed by atoms with Gasteiger partial charge in [-0.2, -0.15) is 4.98 Å². The maximum absolute atomic E-state index is 12.3. The average Bonchev–Trinajstić information content (AvgIpc) is 3.33. The van der Waals surface area contributed by atoms with E-state index in [2.05, 4.69) is 15.5 Å². The monoisotopic (exact) mass is 445 g/mol. The molecule has 0 radical (unpaired) electrons. The summed E-state index contributed by atoms with van der Waals surface area (Å²) in [5.74, 6) is 2.16. The first-order valence-corrected chi connectivity index (χ1v) is 10.2. The van der Waals surface area contributed by atoms with E-state index in [0.29, 0.717) is 40.2 Å². The van der Waals surface area contributed by atoms with Crippen LogP contribution in [0.25, 0.3) is 22.8 Å². The van der Waals surface area contributed by atoms with Gasteiger partial charge in [0.05, 0.1) is 14.2 Å². The number of methoxy groups -OCH3 is 2. The lowest BCUT2D eigenvalue weighted by molar-refractivity contribution is -0.118. The van der Waals surface area contributed by atoms with Gasteiger partial charge in [-0.1, -0.05) is 23.4 Å². The molecule has 0 spiro atoms. The molecule has 1 N–H and O–H groups in total. The van der Waals surface area contributed by atoms with Crippen molar-refractivity contribution in [2.75, 3.05) is 26.1 Å². The van der Waals surface area contributed by atoms with E-state index in [4.69, 9.17) is 18.7 Å². The number of amides is 1. The predicted molar refractivity (Wildman–Crippen MR) is 124 cm³/mol. The van der Waals surface area contributed by atoms with Crippen LogP contribution in [0.15, 0.2) is 71.3 Å². The third-order valence-electron chi connectivity index (χ3n) is 4.96. The van der Waals surface area contributed by atoms with Crippen molar-refractivity contribution in [3.63, 3.8) is 0 Å². The molecule has 0 saturated heterocycles. The fraction of sp³-hybridized carbons (Fsp3) is 0.160. The van der Waals surface area contributed by atoms with Crippen LogP contribution in [0.3, 0.4) is 0 Å². The van der Waals surface area contributed by atoms with E-state index in [1.807, 2.05) is 31.2 Å². The molecule has 4 rings (SSSR count). The summed E-state index contributed by atoms with van der Waals surface area (Å²) in [7, 11) is 3.11. The number of benzene rings is 3. The first-order valence-electron chi connectivity index (χ1n) is 10.2. The number of nitrogens with one attached hydrogen (secondary N) is 1. The second-order valence-corrected chi connectivity index (χ2v) is 7.17. The Bertz CT molecular complexity index is 1250. The quantitative estimate of drug-likeness (QED) is 0.418. The van der Waals surface area contributed by atoms with Crippen molar-refractivity contribution in [2.24, 2.45) is 0 Å². The summed E-state index contributed by atoms with van der Waals surface area (Å²) in [5.41, 5.74) is 3.27. The summed E-state index contributed by atoms with van der Waals surface area (Å²) in [6.45, 7) is 1.81. The SMILES string of the molecule is COc1ccc(NC(=O)COc2ccc(-c3noc(-c4ccccc4C)n3)cc2OC)cc1. The lowest BCUT2D eigenvalue weighted by Crippen LogP contribution is -2.20. The number of anilines is 1. The van der Waals surface area contributed by atoms with Gasteiger partial charge < -0.3 is 24.1 Å². The maximum atomic E-state index is 12.3. The van der Waals surface area contributed by atoms with E-state index in [9.17, 15) is 4.79 Å². The summed E-state index contributed by atoms with van der Waals surface area (Å²) in [5, 5.41) is 6.86. The van der Waals surface area contributed by atoms with Crippen LogP contribution in [0.4, 0.5) is 5.69 Å². The highest BCUT2D eigenvalue weighted by Gasteiger charge is 2.15. The second-order valence-electron chi connectivity index (χ2n) is 7.17. The molecule has 0 atom stereocenters. The summed E-state index contributed by atoms with van der Waals surface area (Å²) in [6, 6.07) is 20.1. The number of carbonyl (C=O) groups excluding carboxylic acids is 1. The number of ether oxygens (including phenoxy) is 3. The predicted octanol–water partition coefficient (Wildman–Crippen LogP) is 4.75. The lowest BCUT2D eigenvalue weighted by Gasteiger charge is -2.12. The van der Waals surface area contributed by atoms with Gasteiger partial charge in [-0.25, -0.2) is 0 Å². The molecule has 0 aliphatic heterocycles. The Morgan fingerprint density at radius 1 is 0.970 bits per heavy atom. The highest BCUT2D eigenvalue weighted by Crippen LogP contribution is 2.32. The van der Waals surface area contributed by atoms with Gasteiger partial charge >= 0.3 is 0 Å². The Morgan fingerprint density at radius 2 is 1.76 bits per heavy atom. The highest BCUT2D eigenvalue weighted by atomic mass is 16.5. The normalized spacial score (nSPS) is 10.5. The van der Waals surface area contributed by atoms with E-state index in [-0.39, 0.29) is 12.5 Å². The van der Waals surface area contributed by atoms with Crippen molar-refractivity contribution < 1.29 is 23.5 Å². The van der Waals surface area contributed by atoms with E-state index in [0.717, 1.165) is 11.1 Å². The third kappa shape index (κ3) is 5.12. The Morgan fingerprint density at radius 3 is 2.48 bits per heavy atom. The third-order valence-corrected chi connectivity index (χ3v) is 4.96. The summed E-state index contributed by atoms with van der Waals surface area (Å²) < 4.78 is 21.7. The lowest BCUT2D eigenvalue weighted by atomic mass is 10.1. The van der Waals surface area contributed by atoms with Gasteiger partial charge in [0.2, 0.25) is 5.82 Å². The van der Waals surface area contributed by atoms with Crippen LogP contribution in [-0.4, -0.2) is 36.9 Å². The molecule has 3 aromatic carbocycles. The van der Waals surface area contributed by atoms with Crippen molar-refractivity contribution in [3.8, 4) is 40.1 Å². The van der Waals surface area contributed by atoms with E-state index in [1.165, 1.54) is 7.11 Å². The van der Waals surface area contributed by atoms with Gasteiger partial charge in [-0.15, -0.1) is 0 Å². The van der Waals surface area contributed by atoms with Crippen molar-refractivity contribution in [1.82, 2.24) is 10.1 Å². The van der Waals surface area contributed by atoms with Crippen LogP contribution < -0.4 is 19.5 Å². The molecule has 1 heterocycles.